The SMILES string of the molecule is C#CCN(CCC(=O)ON1C(=O)CCC1=O)C(=O)CCCCCN1C(=O)[C@H]2[C@@H]3C=CC(C3)[C@H]2C1=O. The number of rotatable bonds is 11. The van der Waals surface area contributed by atoms with Crippen LogP contribution in [-0.4, -0.2) is 70.0 Å². The Balaban J connectivity index is 1.15. The molecular weight excluding hydrogens is 454 g/mol. The Morgan fingerprint density at radius 3 is 2.20 bits per heavy atom. The molecule has 35 heavy (non-hydrogen) atoms. The highest BCUT2D eigenvalue weighted by atomic mass is 16.7. The molecule has 2 bridgehead atoms. The van der Waals surface area contributed by atoms with Crippen LogP contribution in [0.25, 0.3) is 0 Å². The molecule has 2 aliphatic heterocycles. The molecular formula is C25H29N3O7. The predicted molar refractivity (Wildman–Crippen MR) is 120 cm³/mol. The Morgan fingerprint density at radius 2 is 1.60 bits per heavy atom. The fraction of sp³-hybridized carbons (Fsp3) is 0.600. The maximum atomic E-state index is 12.7. The van der Waals surface area contributed by atoms with E-state index in [-0.39, 0.29) is 80.2 Å². The number of hydroxylamine groups is 2. The summed E-state index contributed by atoms with van der Waals surface area (Å²) in [6.07, 6.45) is 12.2. The summed E-state index contributed by atoms with van der Waals surface area (Å²) >= 11 is 0. The van der Waals surface area contributed by atoms with Gasteiger partial charge in [0.05, 0.1) is 24.8 Å². The number of nitrogens with zero attached hydrogens (tertiary/aromatic N) is 3. The quantitative estimate of drug-likeness (QED) is 0.185. The molecule has 0 aromatic carbocycles. The van der Waals surface area contributed by atoms with Gasteiger partial charge < -0.3 is 9.74 Å². The Morgan fingerprint density at radius 1 is 0.971 bits per heavy atom. The van der Waals surface area contributed by atoms with Gasteiger partial charge in [0.2, 0.25) is 17.7 Å². The molecule has 0 radical (unpaired) electrons. The number of likely N-dealkylation sites (tertiary alicyclic amines) is 1. The lowest BCUT2D eigenvalue weighted by atomic mass is 9.85. The van der Waals surface area contributed by atoms with Crippen molar-refractivity contribution in [3.8, 4) is 12.3 Å². The van der Waals surface area contributed by atoms with Gasteiger partial charge in [-0.05, 0) is 31.1 Å². The summed E-state index contributed by atoms with van der Waals surface area (Å²) in [5.74, 6) is 0.127. The van der Waals surface area contributed by atoms with Crippen LogP contribution in [0.1, 0.15) is 51.4 Å². The van der Waals surface area contributed by atoms with Gasteiger partial charge in [-0.3, -0.25) is 28.9 Å². The van der Waals surface area contributed by atoms with Crippen molar-refractivity contribution in [3.05, 3.63) is 12.2 Å². The molecule has 2 saturated heterocycles. The fourth-order valence-electron chi connectivity index (χ4n) is 5.50. The first-order valence-corrected chi connectivity index (χ1v) is 12.1. The molecule has 5 amide bonds. The first-order chi connectivity index (χ1) is 16.8. The number of carbonyl (C=O) groups is 6. The molecule has 0 N–H and O–H groups in total. The van der Waals surface area contributed by atoms with Crippen LogP contribution in [0.2, 0.25) is 0 Å². The van der Waals surface area contributed by atoms with Gasteiger partial charge in [0.15, 0.2) is 0 Å². The summed E-state index contributed by atoms with van der Waals surface area (Å²) in [7, 11) is 0. The van der Waals surface area contributed by atoms with E-state index >= 15 is 0 Å². The van der Waals surface area contributed by atoms with Gasteiger partial charge in [-0.25, -0.2) is 4.79 Å². The maximum absolute atomic E-state index is 12.7. The molecule has 3 fully saturated rings. The minimum absolute atomic E-state index is 0.00725. The van der Waals surface area contributed by atoms with Gasteiger partial charge in [-0.1, -0.05) is 24.5 Å². The van der Waals surface area contributed by atoms with E-state index in [2.05, 4.69) is 18.1 Å². The van der Waals surface area contributed by atoms with E-state index in [1.54, 1.807) is 0 Å². The molecule has 10 nitrogen and oxygen atoms in total. The number of terminal acetylenes is 1. The molecule has 0 aromatic rings. The highest BCUT2D eigenvalue weighted by Crippen LogP contribution is 2.52. The second kappa shape index (κ2) is 10.4. The third kappa shape index (κ3) is 4.99. The molecule has 2 heterocycles. The molecule has 1 unspecified atom stereocenters. The normalized spacial score (nSPS) is 26.5. The average Bonchev–Trinajstić information content (AvgIpc) is 3.58. The molecule has 0 spiro atoms. The van der Waals surface area contributed by atoms with Crippen molar-refractivity contribution < 1.29 is 33.6 Å². The lowest BCUT2D eigenvalue weighted by Gasteiger charge is -2.21. The van der Waals surface area contributed by atoms with Crippen LogP contribution in [0.3, 0.4) is 0 Å². The van der Waals surface area contributed by atoms with Crippen LogP contribution in [0.5, 0.6) is 0 Å². The molecule has 186 valence electrons. The third-order valence-electron chi connectivity index (χ3n) is 7.25. The fourth-order valence-corrected chi connectivity index (χ4v) is 5.50. The average molecular weight is 484 g/mol. The second-order valence-electron chi connectivity index (χ2n) is 9.45. The monoisotopic (exact) mass is 483 g/mol. The van der Waals surface area contributed by atoms with Crippen molar-refractivity contribution in [2.75, 3.05) is 19.6 Å². The van der Waals surface area contributed by atoms with Gasteiger partial charge in [0, 0.05) is 32.4 Å². The number of fused-ring (bicyclic) bond motifs is 5. The van der Waals surface area contributed by atoms with Crippen molar-refractivity contribution in [1.82, 2.24) is 14.9 Å². The standard InChI is InChI=1S/C25H29N3O7/c1-2-12-26(14-11-21(32)35-28-19(30)9-10-20(28)31)18(29)6-4-3-5-13-27-24(33)22-16-7-8-17(15-16)23(22)25(27)34/h1,7-8,16-17,22-23H,3-6,9-15H2/t16-,17?,22+,23-/m1/s1. The first kappa shape index (κ1) is 24.6. The van der Waals surface area contributed by atoms with Crippen molar-refractivity contribution in [3.63, 3.8) is 0 Å². The Hall–Kier alpha value is -3.48. The number of unbranched alkanes of at least 4 members (excludes halogenated alkanes) is 2. The minimum atomic E-state index is -0.795. The Labute approximate surface area is 203 Å². The van der Waals surface area contributed by atoms with Crippen LogP contribution >= 0.6 is 0 Å². The lowest BCUT2D eigenvalue weighted by Crippen LogP contribution is -2.36. The summed E-state index contributed by atoms with van der Waals surface area (Å²) in [6, 6.07) is 0. The van der Waals surface area contributed by atoms with Crippen LogP contribution in [0.15, 0.2) is 12.2 Å². The number of carbonyl (C=O) groups excluding carboxylic acids is 6. The van der Waals surface area contributed by atoms with E-state index in [9.17, 15) is 28.8 Å². The Bertz CT molecular complexity index is 967. The van der Waals surface area contributed by atoms with Crippen molar-refractivity contribution in [1.29, 1.82) is 0 Å². The summed E-state index contributed by atoms with van der Waals surface area (Å²) < 4.78 is 0. The molecule has 1 saturated carbocycles. The molecule has 10 heteroatoms. The predicted octanol–water partition coefficient (Wildman–Crippen LogP) is 0.813. The summed E-state index contributed by atoms with van der Waals surface area (Å²) in [6.45, 7) is 0.393. The number of allylic oxidation sites excluding steroid dienone is 2. The number of hydrogen-bond donors (Lipinski definition) is 0. The molecule has 4 aliphatic rings. The maximum Gasteiger partial charge on any atom is 0.334 e. The zero-order chi connectivity index (χ0) is 25.1. The summed E-state index contributed by atoms with van der Waals surface area (Å²) in [5, 5.41) is 0.472. The van der Waals surface area contributed by atoms with Crippen LogP contribution in [0.4, 0.5) is 0 Å². The van der Waals surface area contributed by atoms with Crippen molar-refractivity contribution in [2.24, 2.45) is 23.7 Å². The van der Waals surface area contributed by atoms with Crippen molar-refractivity contribution in [2.45, 2.75) is 51.4 Å². The summed E-state index contributed by atoms with van der Waals surface area (Å²) in [4.78, 5) is 80.6. The van der Waals surface area contributed by atoms with E-state index in [1.807, 2.05) is 0 Å². The van der Waals surface area contributed by atoms with Gasteiger partial charge >= 0.3 is 5.97 Å². The van der Waals surface area contributed by atoms with Gasteiger partial charge in [-0.2, -0.15) is 0 Å². The minimum Gasteiger partial charge on any atom is -0.331 e. The number of imide groups is 2. The zero-order valence-electron chi connectivity index (χ0n) is 19.5. The summed E-state index contributed by atoms with van der Waals surface area (Å²) in [5.41, 5.74) is 0. The topological polar surface area (TPSA) is 121 Å². The van der Waals surface area contributed by atoms with Crippen LogP contribution < -0.4 is 0 Å². The van der Waals surface area contributed by atoms with Gasteiger partial charge in [0.25, 0.3) is 11.8 Å². The molecule has 4 atom stereocenters. The van der Waals surface area contributed by atoms with Crippen molar-refractivity contribution >= 4 is 35.5 Å². The number of amides is 5. The van der Waals surface area contributed by atoms with Crippen LogP contribution in [-0.2, 0) is 33.6 Å². The van der Waals surface area contributed by atoms with Crippen LogP contribution in [0, 0.1) is 36.0 Å². The highest BCUT2D eigenvalue weighted by Gasteiger charge is 2.58. The Kier molecular flexibility index (Phi) is 7.34. The second-order valence-corrected chi connectivity index (χ2v) is 9.45. The van der Waals surface area contributed by atoms with E-state index in [4.69, 9.17) is 11.3 Å². The zero-order valence-corrected chi connectivity index (χ0v) is 19.5. The lowest BCUT2D eigenvalue weighted by molar-refractivity contribution is -0.197. The van der Waals surface area contributed by atoms with E-state index in [0.717, 1.165) is 6.42 Å². The smallest absolute Gasteiger partial charge is 0.331 e. The largest absolute Gasteiger partial charge is 0.334 e. The highest BCUT2D eigenvalue weighted by molar-refractivity contribution is 6.06. The van der Waals surface area contributed by atoms with E-state index in [1.165, 1.54) is 9.80 Å². The number of hydrogen-bond acceptors (Lipinski definition) is 7. The molecule has 4 rings (SSSR count). The van der Waals surface area contributed by atoms with Gasteiger partial charge in [0.1, 0.15) is 0 Å². The molecule has 2 aliphatic carbocycles. The molecule has 0 aromatic heterocycles. The third-order valence-corrected chi connectivity index (χ3v) is 7.25. The van der Waals surface area contributed by atoms with Gasteiger partial charge in [-0.15, -0.1) is 11.5 Å². The first-order valence-electron chi connectivity index (χ1n) is 12.1. The van der Waals surface area contributed by atoms with E-state index in [0.29, 0.717) is 30.9 Å². The van der Waals surface area contributed by atoms with E-state index < -0.39 is 17.8 Å².